The van der Waals surface area contributed by atoms with Crippen LogP contribution >= 0.6 is 0 Å². The molecule has 0 aromatic heterocycles. The monoisotopic (exact) mass is 199 g/mol. The quantitative estimate of drug-likeness (QED) is 0.752. The highest BCUT2D eigenvalue weighted by atomic mass is 16.3. The van der Waals surface area contributed by atoms with Crippen molar-refractivity contribution in [3.8, 4) is 0 Å². The molecule has 1 aliphatic heterocycles. The van der Waals surface area contributed by atoms with Gasteiger partial charge in [-0.2, -0.15) is 0 Å². The highest BCUT2D eigenvalue weighted by Gasteiger charge is 2.34. The molecule has 0 aromatic rings. The lowest BCUT2D eigenvalue weighted by atomic mass is 9.91. The van der Waals surface area contributed by atoms with E-state index in [1.807, 2.05) is 6.92 Å². The minimum atomic E-state index is -0.541. The Labute approximate surface area is 88.3 Å². The Hall–Kier alpha value is -0.0800. The van der Waals surface area contributed by atoms with Crippen LogP contribution in [0.15, 0.2) is 0 Å². The predicted molar refractivity (Wildman–Crippen MR) is 60.3 cm³/mol. The van der Waals surface area contributed by atoms with Crippen LogP contribution in [0.2, 0.25) is 0 Å². The van der Waals surface area contributed by atoms with Crippen LogP contribution in [-0.2, 0) is 0 Å². The minimum Gasteiger partial charge on any atom is -0.389 e. The second-order valence-electron chi connectivity index (χ2n) is 6.14. The zero-order valence-corrected chi connectivity index (χ0v) is 10.3. The standard InChI is InChI=1S/C12H25NO/c1-10(2)12(5,14)9-13-7-6-11(3,4)8-13/h10,14H,6-9H2,1-5H3. The number of hydrogen-bond donors (Lipinski definition) is 1. The van der Waals surface area contributed by atoms with E-state index in [1.54, 1.807) is 0 Å². The van der Waals surface area contributed by atoms with E-state index in [0.717, 1.165) is 19.6 Å². The van der Waals surface area contributed by atoms with Gasteiger partial charge in [-0.15, -0.1) is 0 Å². The summed E-state index contributed by atoms with van der Waals surface area (Å²) >= 11 is 0. The highest BCUT2D eigenvalue weighted by molar-refractivity contribution is 4.88. The molecule has 1 aliphatic rings. The Morgan fingerprint density at radius 1 is 1.43 bits per heavy atom. The average Bonchev–Trinajstić information content (AvgIpc) is 2.28. The van der Waals surface area contributed by atoms with Gasteiger partial charge in [0, 0.05) is 13.1 Å². The number of rotatable bonds is 3. The summed E-state index contributed by atoms with van der Waals surface area (Å²) in [6.07, 6.45) is 1.25. The Morgan fingerprint density at radius 2 is 2.00 bits per heavy atom. The summed E-state index contributed by atoms with van der Waals surface area (Å²) in [5, 5.41) is 10.2. The van der Waals surface area contributed by atoms with Crippen molar-refractivity contribution < 1.29 is 5.11 Å². The van der Waals surface area contributed by atoms with Crippen LogP contribution in [0.3, 0.4) is 0 Å². The molecule has 1 heterocycles. The first-order valence-electron chi connectivity index (χ1n) is 5.68. The molecule has 1 saturated heterocycles. The summed E-state index contributed by atoms with van der Waals surface area (Å²) in [6, 6.07) is 0. The largest absolute Gasteiger partial charge is 0.389 e. The number of likely N-dealkylation sites (tertiary alicyclic amines) is 1. The third-order valence-corrected chi connectivity index (χ3v) is 3.54. The maximum absolute atomic E-state index is 10.2. The van der Waals surface area contributed by atoms with Crippen molar-refractivity contribution in [2.45, 2.75) is 46.6 Å². The zero-order valence-electron chi connectivity index (χ0n) is 10.3. The van der Waals surface area contributed by atoms with E-state index < -0.39 is 5.60 Å². The van der Waals surface area contributed by atoms with Crippen LogP contribution in [0.1, 0.15) is 41.0 Å². The predicted octanol–water partition coefficient (Wildman–Crippen LogP) is 2.13. The lowest BCUT2D eigenvalue weighted by molar-refractivity contribution is -0.0153. The number of β-amino-alcohol motifs (C(OH)–C–C–N with tert-alkyl or cyclic N) is 1. The highest BCUT2D eigenvalue weighted by Crippen LogP contribution is 2.30. The van der Waals surface area contributed by atoms with Gasteiger partial charge in [-0.25, -0.2) is 0 Å². The third-order valence-electron chi connectivity index (χ3n) is 3.54. The molecule has 0 saturated carbocycles. The van der Waals surface area contributed by atoms with E-state index in [-0.39, 0.29) is 0 Å². The van der Waals surface area contributed by atoms with Crippen molar-refractivity contribution in [1.29, 1.82) is 0 Å². The second kappa shape index (κ2) is 3.82. The van der Waals surface area contributed by atoms with E-state index in [9.17, 15) is 5.11 Å². The molecule has 0 bridgehead atoms. The summed E-state index contributed by atoms with van der Waals surface area (Å²) in [7, 11) is 0. The van der Waals surface area contributed by atoms with E-state index in [2.05, 4.69) is 32.6 Å². The minimum absolute atomic E-state index is 0.325. The average molecular weight is 199 g/mol. The van der Waals surface area contributed by atoms with Gasteiger partial charge in [0.1, 0.15) is 0 Å². The first-order chi connectivity index (χ1) is 6.23. The fourth-order valence-electron chi connectivity index (χ4n) is 1.99. The van der Waals surface area contributed by atoms with E-state index in [4.69, 9.17) is 0 Å². The fourth-order valence-corrected chi connectivity index (χ4v) is 1.99. The normalized spacial score (nSPS) is 26.8. The molecule has 84 valence electrons. The van der Waals surface area contributed by atoms with Crippen LogP contribution in [0.5, 0.6) is 0 Å². The second-order valence-corrected chi connectivity index (χ2v) is 6.14. The Bertz CT molecular complexity index is 196. The lowest BCUT2D eigenvalue weighted by Gasteiger charge is -2.32. The Morgan fingerprint density at radius 3 is 2.36 bits per heavy atom. The van der Waals surface area contributed by atoms with E-state index in [1.165, 1.54) is 6.42 Å². The first kappa shape index (κ1) is 12.0. The van der Waals surface area contributed by atoms with Crippen LogP contribution in [0, 0.1) is 11.3 Å². The molecule has 0 aliphatic carbocycles. The van der Waals surface area contributed by atoms with Gasteiger partial charge in [-0.1, -0.05) is 27.7 Å². The summed E-state index contributed by atoms with van der Waals surface area (Å²) < 4.78 is 0. The van der Waals surface area contributed by atoms with Gasteiger partial charge in [0.05, 0.1) is 5.60 Å². The van der Waals surface area contributed by atoms with E-state index in [0.29, 0.717) is 11.3 Å². The van der Waals surface area contributed by atoms with Crippen LogP contribution in [-0.4, -0.2) is 35.2 Å². The van der Waals surface area contributed by atoms with Crippen molar-refractivity contribution in [2.24, 2.45) is 11.3 Å². The maximum atomic E-state index is 10.2. The van der Waals surface area contributed by atoms with Gasteiger partial charge in [-0.3, -0.25) is 4.90 Å². The fraction of sp³-hybridized carbons (Fsp3) is 1.00. The third kappa shape index (κ3) is 2.96. The van der Waals surface area contributed by atoms with Crippen molar-refractivity contribution in [2.75, 3.05) is 19.6 Å². The van der Waals surface area contributed by atoms with Gasteiger partial charge in [-0.05, 0) is 31.2 Å². The molecule has 0 amide bonds. The number of nitrogens with zero attached hydrogens (tertiary/aromatic N) is 1. The molecular formula is C12H25NO. The first-order valence-corrected chi connectivity index (χ1v) is 5.68. The molecule has 1 N–H and O–H groups in total. The molecule has 0 radical (unpaired) electrons. The van der Waals surface area contributed by atoms with Gasteiger partial charge < -0.3 is 5.11 Å². The molecule has 2 nitrogen and oxygen atoms in total. The molecule has 0 spiro atoms. The Kier molecular flexibility index (Phi) is 3.27. The summed E-state index contributed by atoms with van der Waals surface area (Å²) in [5.74, 6) is 0.325. The Balaban J connectivity index is 2.47. The maximum Gasteiger partial charge on any atom is 0.0768 e. The van der Waals surface area contributed by atoms with Crippen LogP contribution in [0.25, 0.3) is 0 Å². The molecule has 1 rings (SSSR count). The number of hydrogen-bond acceptors (Lipinski definition) is 2. The molecule has 1 unspecified atom stereocenters. The molecule has 1 fully saturated rings. The SMILES string of the molecule is CC(C)C(C)(O)CN1CCC(C)(C)C1. The summed E-state index contributed by atoms with van der Waals surface area (Å²) in [6.45, 7) is 13.8. The lowest BCUT2D eigenvalue weighted by Crippen LogP contribution is -2.44. The summed E-state index contributed by atoms with van der Waals surface area (Å²) in [4.78, 5) is 2.39. The zero-order chi connectivity index (χ0) is 11.0. The smallest absolute Gasteiger partial charge is 0.0768 e. The molecule has 2 heteroatoms. The van der Waals surface area contributed by atoms with Gasteiger partial charge >= 0.3 is 0 Å². The van der Waals surface area contributed by atoms with Gasteiger partial charge in [0.2, 0.25) is 0 Å². The number of aliphatic hydroxyl groups is 1. The van der Waals surface area contributed by atoms with Gasteiger partial charge in [0.15, 0.2) is 0 Å². The van der Waals surface area contributed by atoms with Crippen molar-refractivity contribution in [3.63, 3.8) is 0 Å². The molecule has 14 heavy (non-hydrogen) atoms. The van der Waals surface area contributed by atoms with Crippen LogP contribution < -0.4 is 0 Å². The van der Waals surface area contributed by atoms with Crippen molar-refractivity contribution in [3.05, 3.63) is 0 Å². The van der Waals surface area contributed by atoms with Crippen molar-refractivity contribution in [1.82, 2.24) is 4.90 Å². The molecular weight excluding hydrogens is 174 g/mol. The van der Waals surface area contributed by atoms with Crippen LogP contribution in [0.4, 0.5) is 0 Å². The van der Waals surface area contributed by atoms with Gasteiger partial charge in [0.25, 0.3) is 0 Å². The van der Waals surface area contributed by atoms with E-state index >= 15 is 0 Å². The topological polar surface area (TPSA) is 23.5 Å². The molecule has 0 aromatic carbocycles. The molecule has 1 atom stereocenters. The summed E-state index contributed by atoms with van der Waals surface area (Å²) in [5.41, 5.74) is -0.104. The van der Waals surface area contributed by atoms with Crippen molar-refractivity contribution >= 4 is 0 Å².